The monoisotopic (exact) mass is 414 g/mol. The van der Waals surface area contributed by atoms with Crippen LogP contribution in [0.5, 0.6) is 11.5 Å². The predicted molar refractivity (Wildman–Crippen MR) is 89.8 cm³/mol. The minimum Gasteiger partial charge on any atom is -0.496 e. The summed E-state index contributed by atoms with van der Waals surface area (Å²) in [6, 6.07) is 11.4. The summed E-state index contributed by atoms with van der Waals surface area (Å²) >= 11 is 6.86. The minimum absolute atomic E-state index is 0.360. The van der Waals surface area contributed by atoms with Crippen molar-refractivity contribution in [1.29, 1.82) is 0 Å². The van der Waals surface area contributed by atoms with Crippen molar-refractivity contribution >= 4 is 31.9 Å². The van der Waals surface area contributed by atoms with Crippen LogP contribution in [0.2, 0.25) is 0 Å². The van der Waals surface area contributed by atoms with Gasteiger partial charge < -0.3 is 14.6 Å². The second-order valence-electron chi connectivity index (χ2n) is 4.60. The van der Waals surface area contributed by atoms with Gasteiger partial charge in [0.05, 0.1) is 13.2 Å². The molecule has 0 heterocycles. The number of hydrogen-bond donors (Lipinski definition) is 1. The molecule has 0 spiro atoms. The van der Waals surface area contributed by atoms with Crippen LogP contribution in [-0.2, 0) is 6.61 Å². The van der Waals surface area contributed by atoms with E-state index in [-0.39, 0.29) is 0 Å². The molecule has 0 saturated heterocycles. The zero-order valence-corrected chi connectivity index (χ0v) is 14.9. The fourth-order valence-electron chi connectivity index (χ4n) is 1.99. The van der Waals surface area contributed by atoms with E-state index < -0.39 is 6.10 Å². The predicted octanol–water partition coefficient (Wildman–Crippen LogP) is 4.85. The maximum absolute atomic E-state index is 9.81. The van der Waals surface area contributed by atoms with Gasteiger partial charge in [0.2, 0.25) is 0 Å². The van der Waals surface area contributed by atoms with Crippen molar-refractivity contribution in [2.45, 2.75) is 19.6 Å². The summed E-state index contributed by atoms with van der Waals surface area (Å²) in [4.78, 5) is 0. The van der Waals surface area contributed by atoms with Crippen LogP contribution in [0.3, 0.4) is 0 Å². The van der Waals surface area contributed by atoms with Crippen molar-refractivity contribution in [1.82, 2.24) is 0 Å². The molecule has 0 radical (unpaired) electrons. The van der Waals surface area contributed by atoms with E-state index in [1.54, 1.807) is 14.0 Å². The van der Waals surface area contributed by atoms with Gasteiger partial charge in [0.15, 0.2) is 0 Å². The molecule has 0 aliphatic carbocycles. The smallest absolute Gasteiger partial charge is 0.126 e. The molecule has 1 atom stereocenters. The van der Waals surface area contributed by atoms with Crippen LogP contribution in [0.15, 0.2) is 45.3 Å². The zero-order chi connectivity index (χ0) is 15.4. The largest absolute Gasteiger partial charge is 0.496 e. The lowest BCUT2D eigenvalue weighted by Gasteiger charge is -2.15. The van der Waals surface area contributed by atoms with Crippen molar-refractivity contribution < 1.29 is 14.6 Å². The lowest BCUT2D eigenvalue weighted by Crippen LogP contribution is -2.02. The van der Waals surface area contributed by atoms with Gasteiger partial charge >= 0.3 is 0 Å². The number of hydrogen-bond acceptors (Lipinski definition) is 3. The highest BCUT2D eigenvalue weighted by atomic mass is 79.9. The molecule has 0 aromatic heterocycles. The van der Waals surface area contributed by atoms with E-state index in [9.17, 15) is 5.11 Å². The molecule has 0 bridgehead atoms. The summed E-state index contributed by atoms with van der Waals surface area (Å²) in [5, 5.41) is 9.81. The minimum atomic E-state index is -0.586. The summed E-state index contributed by atoms with van der Waals surface area (Å²) in [5.41, 5.74) is 1.69. The number of halogens is 2. The van der Waals surface area contributed by atoms with Gasteiger partial charge in [0.25, 0.3) is 0 Å². The van der Waals surface area contributed by atoms with E-state index in [0.717, 1.165) is 25.8 Å². The SMILES string of the molecule is COc1ccc(Br)cc1COc1cc(Br)ccc1C(C)O. The quantitative estimate of drug-likeness (QED) is 0.758. The average Bonchev–Trinajstić information content (AvgIpc) is 2.45. The summed E-state index contributed by atoms with van der Waals surface area (Å²) in [6.45, 7) is 2.08. The third-order valence-electron chi connectivity index (χ3n) is 3.05. The Kier molecular flexibility index (Phi) is 5.67. The summed E-state index contributed by atoms with van der Waals surface area (Å²) in [7, 11) is 1.63. The molecule has 0 aliphatic rings. The van der Waals surface area contributed by atoms with E-state index in [4.69, 9.17) is 9.47 Å². The highest BCUT2D eigenvalue weighted by Gasteiger charge is 2.11. The number of methoxy groups -OCH3 is 1. The highest BCUT2D eigenvalue weighted by molar-refractivity contribution is 9.10. The molecule has 0 amide bonds. The molecular weight excluding hydrogens is 400 g/mol. The molecule has 21 heavy (non-hydrogen) atoms. The summed E-state index contributed by atoms with van der Waals surface area (Å²) < 4.78 is 13.1. The van der Waals surface area contributed by atoms with Crippen LogP contribution >= 0.6 is 31.9 Å². The fourth-order valence-corrected chi connectivity index (χ4v) is 2.74. The molecule has 1 unspecified atom stereocenters. The molecule has 112 valence electrons. The van der Waals surface area contributed by atoms with Crippen LogP contribution in [0.4, 0.5) is 0 Å². The molecule has 3 nitrogen and oxygen atoms in total. The first kappa shape index (κ1) is 16.3. The van der Waals surface area contributed by atoms with Crippen LogP contribution in [-0.4, -0.2) is 12.2 Å². The lowest BCUT2D eigenvalue weighted by molar-refractivity contribution is 0.190. The number of aliphatic hydroxyl groups excluding tert-OH is 1. The van der Waals surface area contributed by atoms with Crippen LogP contribution in [0, 0.1) is 0 Å². The van der Waals surface area contributed by atoms with Gasteiger partial charge in [-0.1, -0.05) is 37.9 Å². The Balaban J connectivity index is 2.24. The van der Waals surface area contributed by atoms with Crippen LogP contribution in [0.25, 0.3) is 0 Å². The van der Waals surface area contributed by atoms with Gasteiger partial charge in [-0.3, -0.25) is 0 Å². The fraction of sp³-hybridized carbons (Fsp3) is 0.250. The molecular formula is C16H16Br2O3. The molecule has 5 heteroatoms. The number of aliphatic hydroxyl groups is 1. The molecule has 1 N–H and O–H groups in total. The third kappa shape index (κ3) is 4.22. The van der Waals surface area contributed by atoms with Gasteiger partial charge in [-0.25, -0.2) is 0 Å². The molecule has 2 aromatic carbocycles. The van der Waals surface area contributed by atoms with E-state index in [1.165, 1.54) is 0 Å². The van der Waals surface area contributed by atoms with Crippen molar-refractivity contribution in [3.05, 3.63) is 56.5 Å². The number of rotatable bonds is 5. The average molecular weight is 416 g/mol. The second kappa shape index (κ2) is 7.29. The van der Waals surface area contributed by atoms with Gasteiger partial charge in [0, 0.05) is 20.1 Å². The molecule has 2 aromatic rings. The second-order valence-corrected chi connectivity index (χ2v) is 6.43. The summed E-state index contributed by atoms with van der Waals surface area (Å²) in [5.74, 6) is 1.42. The molecule has 0 aliphatic heterocycles. The van der Waals surface area contributed by atoms with Gasteiger partial charge in [0.1, 0.15) is 18.1 Å². The lowest BCUT2D eigenvalue weighted by atomic mass is 10.1. The topological polar surface area (TPSA) is 38.7 Å². The Morgan fingerprint density at radius 3 is 2.38 bits per heavy atom. The van der Waals surface area contributed by atoms with E-state index in [1.807, 2.05) is 36.4 Å². The maximum atomic E-state index is 9.81. The molecule has 0 saturated carbocycles. The van der Waals surface area contributed by atoms with Gasteiger partial charge in [-0.2, -0.15) is 0 Å². The van der Waals surface area contributed by atoms with Crippen molar-refractivity contribution in [3.8, 4) is 11.5 Å². The zero-order valence-electron chi connectivity index (χ0n) is 11.8. The van der Waals surface area contributed by atoms with Crippen LogP contribution in [0.1, 0.15) is 24.2 Å². The Labute approximate surface area is 141 Å². The Hall–Kier alpha value is -1.04. The molecule has 2 rings (SSSR count). The Bertz CT molecular complexity index is 627. The number of benzene rings is 2. The van der Waals surface area contributed by atoms with E-state index >= 15 is 0 Å². The first-order valence-electron chi connectivity index (χ1n) is 6.44. The van der Waals surface area contributed by atoms with Crippen molar-refractivity contribution in [2.75, 3.05) is 7.11 Å². The standard InChI is InChI=1S/C16H16Br2O3/c1-10(19)14-5-3-13(18)8-16(14)21-9-11-7-12(17)4-6-15(11)20-2/h3-8,10,19H,9H2,1-2H3. The first-order chi connectivity index (χ1) is 10.0. The van der Waals surface area contributed by atoms with Gasteiger partial charge in [-0.05, 0) is 37.3 Å². The Morgan fingerprint density at radius 1 is 1.05 bits per heavy atom. The van der Waals surface area contributed by atoms with E-state index in [2.05, 4.69) is 31.9 Å². The van der Waals surface area contributed by atoms with Crippen molar-refractivity contribution in [3.63, 3.8) is 0 Å². The van der Waals surface area contributed by atoms with Crippen LogP contribution < -0.4 is 9.47 Å². The highest BCUT2D eigenvalue weighted by Crippen LogP contribution is 2.30. The summed E-state index contributed by atoms with van der Waals surface area (Å²) in [6.07, 6.45) is -0.586. The van der Waals surface area contributed by atoms with E-state index in [0.29, 0.717) is 12.4 Å². The maximum Gasteiger partial charge on any atom is 0.126 e. The molecule has 0 fully saturated rings. The van der Waals surface area contributed by atoms with Gasteiger partial charge in [-0.15, -0.1) is 0 Å². The first-order valence-corrected chi connectivity index (χ1v) is 8.02. The normalized spacial score (nSPS) is 12.0. The van der Waals surface area contributed by atoms with Crippen molar-refractivity contribution in [2.24, 2.45) is 0 Å². The Morgan fingerprint density at radius 2 is 1.71 bits per heavy atom. The third-order valence-corrected chi connectivity index (χ3v) is 4.04. The number of ether oxygens (including phenoxy) is 2.